The molecule has 1 aliphatic rings. The summed E-state index contributed by atoms with van der Waals surface area (Å²) in [5.74, 6) is -1.16. The Bertz CT molecular complexity index is 839. The van der Waals surface area contributed by atoms with E-state index in [4.69, 9.17) is 0 Å². The number of carbonyl (C=O) groups excluding carboxylic acids is 2. The van der Waals surface area contributed by atoms with Gasteiger partial charge in [0.15, 0.2) is 0 Å². The zero-order valence-electron chi connectivity index (χ0n) is 16.0. The summed E-state index contributed by atoms with van der Waals surface area (Å²) < 4.78 is 26.8. The summed E-state index contributed by atoms with van der Waals surface area (Å²) >= 11 is 0. The minimum atomic E-state index is -0.628. The zero-order chi connectivity index (χ0) is 20.3. The number of benzene rings is 2. The highest BCUT2D eigenvalue weighted by atomic mass is 19.1. The number of nitrogens with one attached hydrogen (secondary N) is 1. The van der Waals surface area contributed by atoms with Gasteiger partial charge in [-0.3, -0.25) is 9.59 Å². The normalized spacial score (nSPS) is 15.9. The van der Waals surface area contributed by atoms with Gasteiger partial charge >= 0.3 is 0 Å². The first-order chi connectivity index (χ1) is 13.3. The molecule has 28 heavy (non-hydrogen) atoms. The van der Waals surface area contributed by atoms with E-state index in [2.05, 4.69) is 5.32 Å². The first-order valence-electron chi connectivity index (χ1n) is 9.46. The fraction of sp³-hybridized carbons (Fsp3) is 0.364. The number of hydrogen-bond donors (Lipinski definition) is 1. The maximum atomic E-state index is 13.4. The lowest BCUT2D eigenvalue weighted by Gasteiger charge is -2.33. The number of carbonyl (C=O) groups is 2. The Balaban J connectivity index is 1.60. The number of amides is 2. The molecule has 2 aromatic rings. The van der Waals surface area contributed by atoms with Crippen LogP contribution in [0.15, 0.2) is 42.5 Å². The van der Waals surface area contributed by atoms with Gasteiger partial charge in [0.1, 0.15) is 11.6 Å². The summed E-state index contributed by atoms with van der Waals surface area (Å²) in [4.78, 5) is 25.8. The third-order valence-corrected chi connectivity index (χ3v) is 5.45. The molecule has 4 nitrogen and oxygen atoms in total. The number of piperidine rings is 1. The molecule has 1 heterocycles. The van der Waals surface area contributed by atoms with E-state index in [1.807, 2.05) is 11.8 Å². The Morgan fingerprint density at radius 2 is 1.57 bits per heavy atom. The van der Waals surface area contributed by atoms with Gasteiger partial charge in [-0.05, 0) is 54.2 Å². The predicted octanol–water partition coefficient (Wildman–Crippen LogP) is 4.46. The molecule has 2 amide bonds. The highest BCUT2D eigenvalue weighted by Gasteiger charge is 2.28. The van der Waals surface area contributed by atoms with Crippen LogP contribution in [-0.2, 0) is 9.59 Å². The van der Waals surface area contributed by atoms with Crippen LogP contribution in [0.1, 0.15) is 26.7 Å². The SMILES string of the molecule is CC(=O)N1CCC([C@@H](C)C(=O)Nc2ccc(-c3cc(F)cc(F)c3)cc2)CC1. The molecule has 1 N–H and O–H groups in total. The van der Waals surface area contributed by atoms with Gasteiger partial charge in [0.05, 0.1) is 0 Å². The summed E-state index contributed by atoms with van der Waals surface area (Å²) in [6.45, 7) is 4.86. The van der Waals surface area contributed by atoms with E-state index in [0.29, 0.717) is 29.9 Å². The lowest BCUT2D eigenvalue weighted by atomic mass is 9.85. The van der Waals surface area contributed by atoms with Gasteiger partial charge in [0, 0.05) is 37.7 Å². The fourth-order valence-electron chi connectivity index (χ4n) is 3.65. The maximum absolute atomic E-state index is 13.4. The average Bonchev–Trinajstić information content (AvgIpc) is 2.67. The van der Waals surface area contributed by atoms with E-state index in [9.17, 15) is 18.4 Å². The molecule has 0 unspecified atom stereocenters. The molecular formula is C22H24F2N2O2. The quantitative estimate of drug-likeness (QED) is 0.843. The number of nitrogens with zero attached hydrogens (tertiary/aromatic N) is 1. The first kappa shape index (κ1) is 20.0. The van der Waals surface area contributed by atoms with Gasteiger partial charge in [-0.2, -0.15) is 0 Å². The Kier molecular flexibility index (Phi) is 6.07. The smallest absolute Gasteiger partial charge is 0.227 e. The van der Waals surface area contributed by atoms with Crippen LogP contribution in [0.4, 0.5) is 14.5 Å². The van der Waals surface area contributed by atoms with Crippen molar-refractivity contribution < 1.29 is 18.4 Å². The van der Waals surface area contributed by atoms with Crippen molar-refractivity contribution in [3.05, 3.63) is 54.1 Å². The van der Waals surface area contributed by atoms with Gasteiger partial charge in [0.2, 0.25) is 11.8 Å². The molecule has 0 spiro atoms. The molecule has 1 fully saturated rings. The second-order valence-electron chi connectivity index (χ2n) is 7.36. The predicted molar refractivity (Wildman–Crippen MR) is 105 cm³/mol. The van der Waals surface area contributed by atoms with E-state index < -0.39 is 11.6 Å². The Hall–Kier alpha value is -2.76. The van der Waals surface area contributed by atoms with Crippen molar-refractivity contribution in [1.29, 1.82) is 0 Å². The lowest BCUT2D eigenvalue weighted by Crippen LogP contribution is -2.40. The molecule has 3 rings (SSSR count). The van der Waals surface area contributed by atoms with Gasteiger partial charge in [-0.25, -0.2) is 8.78 Å². The zero-order valence-corrected chi connectivity index (χ0v) is 16.0. The molecule has 0 aliphatic carbocycles. The molecule has 0 radical (unpaired) electrons. The standard InChI is InChI=1S/C22H24F2N2O2/c1-14(16-7-9-26(10-8-16)15(2)27)22(28)25-21-5-3-17(4-6-21)18-11-19(23)13-20(24)12-18/h3-6,11-14,16H,7-10H2,1-2H3,(H,25,28)/t14-/m1/s1. The van der Waals surface area contributed by atoms with Crippen LogP contribution >= 0.6 is 0 Å². The number of hydrogen-bond acceptors (Lipinski definition) is 2. The van der Waals surface area contributed by atoms with Crippen LogP contribution in [0.5, 0.6) is 0 Å². The summed E-state index contributed by atoms with van der Waals surface area (Å²) in [6, 6.07) is 10.3. The topological polar surface area (TPSA) is 49.4 Å². The average molecular weight is 386 g/mol. The minimum Gasteiger partial charge on any atom is -0.343 e. The molecule has 1 saturated heterocycles. The van der Waals surface area contributed by atoms with Crippen LogP contribution in [0.2, 0.25) is 0 Å². The summed E-state index contributed by atoms with van der Waals surface area (Å²) in [5.41, 5.74) is 1.75. The first-order valence-corrected chi connectivity index (χ1v) is 9.46. The van der Waals surface area contributed by atoms with Gasteiger partial charge < -0.3 is 10.2 Å². The lowest BCUT2D eigenvalue weighted by molar-refractivity contribution is -0.130. The summed E-state index contributed by atoms with van der Waals surface area (Å²) in [7, 11) is 0. The Morgan fingerprint density at radius 3 is 2.11 bits per heavy atom. The van der Waals surface area contributed by atoms with E-state index in [1.54, 1.807) is 31.2 Å². The van der Waals surface area contributed by atoms with Crippen molar-refractivity contribution in [2.45, 2.75) is 26.7 Å². The van der Waals surface area contributed by atoms with Gasteiger partial charge in [-0.1, -0.05) is 19.1 Å². The van der Waals surface area contributed by atoms with Crippen molar-refractivity contribution in [3.63, 3.8) is 0 Å². The number of likely N-dealkylation sites (tertiary alicyclic amines) is 1. The fourth-order valence-corrected chi connectivity index (χ4v) is 3.65. The summed E-state index contributed by atoms with van der Waals surface area (Å²) in [6.07, 6.45) is 1.64. The highest BCUT2D eigenvalue weighted by Crippen LogP contribution is 2.27. The van der Waals surface area contributed by atoms with Crippen LogP contribution < -0.4 is 5.32 Å². The van der Waals surface area contributed by atoms with E-state index in [1.165, 1.54) is 12.1 Å². The monoisotopic (exact) mass is 386 g/mol. The molecular weight excluding hydrogens is 362 g/mol. The van der Waals surface area contributed by atoms with E-state index in [0.717, 1.165) is 18.9 Å². The number of rotatable bonds is 4. The third-order valence-electron chi connectivity index (χ3n) is 5.45. The minimum absolute atomic E-state index is 0.0641. The second kappa shape index (κ2) is 8.50. The van der Waals surface area contributed by atoms with E-state index >= 15 is 0 Å². The molecule has 0 saturated carbocycles. The van der Waals surface area contributed by atoms with Crippen molar-refractivity contribution >= 4 is 17.5 Å². The number of anilines is 1. The molecule has 0 bridgehead atoms. The van der Waals surface area contributed by atoms with Crippen molar-refractivity contribution in [1.82, 2.24) is 4.90 Å². The Morgan fingerprint density at radius 1 is 1.00 bits per heavy atom. The van der Waals surface area contributed by atoms with Gasteiger partial charge in [0.25, 0.3) is 0 Å². The van der Waals surface area contributed by atoms with Crippen LogP contribution in [0, 0.1) is 23.5 Å². The maximum Gasteiger partial charge on any atom is 0.227 e. The molecule has 0 aromatic heterocycles. The second-order valence-corrected chi connectivity index (χ2v) is 7.36. The van der Waals surface area contributed by atoms with Crippen molar-refractivity contribution in [2.24, 2.45) is 11.8 Å². The highest BCUT2D eigenvalue weighted by molar-refractivity contribution is 5.92. The van der Waals surface area contributed by atoms with Gasteiger partial charge in [-0.15, -0.1) is 0 Å². The summed E-state index contributed by atoms with van der Waals surface area (Å²) in [5, 5.41) is 2.91. The molecule has 6 heteroatoms. The van der Waals surface area contributed by atoms with E-state index in [-0.39, 0.29) is 23.7 Å². The van der Waals surface area contributed by atoms with Crippen molar-refractivity contribution in [3.8, 4) is 11.1 Å². The molecule has 148 valence electrons. The Labute approximate surface area is 163 Å². The molecule has 2 aromatic carbocycles. The third kappa shape index (κ3) is 4.74. The van der Waals surface area contributed by atoms with Crippen molar-refractivity contribution in [2.75, 3.05) is 18.4 Å². The molecule has 1 atom stereocenters. The largest absolute Gasteiger partial charge is 0.343 e. The molecule has 1 aliphatic heterocycles. The number of halogens is 2. The van der Waals surface area contributed by atoms with Crippen LogP contribution in [-0.4, -0.2) is 29.8 Å². The van der Waals surface area contributed by atoms with Crippen LogP contribution in [0.3, 0.4) is 0 Å². The van der Waals surface area contributed by atoms with Crippen LogP contribution in [0.25, 0.3) is 11.1 Å².